The molecule has 1 aliphatic carbocycles. The molecule has 2 aromatic rings. The highest BCUT2D eigenvalue weighted by Gasteiger charge is 2.22. The van der Waals surface area contributed by atoms with Gasteiger partial charge in [0.2, 0.25) is 5.82 Å². The van der Waals surface area contributed by atoms with Crippen LogP contribution in [0.2, 0.25) is 0 Å². The maximum Gasteiger partial charge on any atom is 0.346 e. The number of unbranched alkanes of at least 4 members (excludes halogenated alkanes) is 9. The summed E-state index contributed by atoms with van der Waals surface area (Å²) in [5.41, 5.74) is 0.765. The van der Waals surface area contributed by atoms with Crippen LogP contribution in [0.5, 0.6) is 11.5 Å². The minimum absolute atomic E-state index is 0.170. The highest BCUT2D eigenvalue weighted by molar-refractivity contribution is 5.91. The van der Waals surface area contributed by atoms with E-state index in [0.717, 1.165) is 37.5 Å². The van der Waals surface area contributed by atoms with Crippen LogP contribution >= 0.6 is 0 Å². The average molecular weight is 571 g/mol. The zero-order valence-electron chi connectivity index (χ0n) is 25.5. The van der Waals surface area contributed by atoms with Crippen molar-refractivity contribution in [3.05, 3.63) is 59.2 Å². The van der Waals surface area contributed by atoms with E-state index in [2.05, 4.69) is 13.8 Å². The van der Waals surface area contributed by atoms with Gasteiger partial charge in [0.1, 0.15) is 5.75 Å². The second-order valence-corrected chi connectivity index (χ2v) is 12.0. The summed E-state index contributed by atoms with van der Waals surface area (Å²) in [6, 6.07) is 9.91. The fraction of sp³-hybridized carbons (Fsp3) is 0.639. The number of hydrogen-bond donors (Lipinski definition) is 0. The van der Waals surface area contributed by atoms with E-state index >= 15 is 0 Å². The molecule has 0 bridgehead atoms. The number of aryl methyl sites for hydroxylation is 1. The standard InChI is InChI=1S/C36H52F2O3/c1-3-5-7-8-9-10-11-13-27-40-33-26-25-32(34(37)35(33)38)36(39)41-31-23-21-30(22-24-31)20-19-29-17-15-28(16-18-29)14-12-6-4-2/h21-26,28-29H,3-20,27H2,1-2H3. The Kier molecular flexibility index (Phi) is 15.2. The summed E-state index contributed by atoms with van der Waals surface area (Å²) in [6.45, 7) is 4.79. The molecular formula is C36H52F2O3. The molecule has 1 saturated carbocycles. The summed E-state index contributed by atoms with van der Waals surface area (Å²) in [5.74, 6) is -1.44. The van der Waals surface area contributed by atoms with Crippen molar-refractivity contribution in [1.82, 2.24) is 0 Å². The Morgan fingerprint density at radius 1 is 0.707 bits per heavy atom. The third kappa shape index (κ3) is 11.8. The molecule has 0 spiro atoms. The lowest BCUT2D eigenvalue weighted by molar-refractivity contribution is 0.0728. The van der Waals surface area contributed by atoms with Gasteiger partial charge in [0, 0.05) is 0 Å². The minimum Gasteiger partial charge on any atom is -0.490 e. The molecule has 0 unspecified atom stereocenters. The fourth-order valence-electron chi connectivity index (χ4n) is 5.97. The number of esters is 1. The van der Waals surface area contributed by atoms with E-state index < -0.39 is 23.2 Å². The molecule has 0 atom stereocenters. The minimum atomic E-state index is -1.24. The molecule has 2 aromatic carbocycles. The molecule has 0 heterocycles. The quantitative estimate of drug-likeness (QED) is 0.0957. The highest BCUT2D eigenvalue weighted by Crippen LogP contribution is 2.34. The number of ether oxygens (including phenoxy) is 2. The molecule has 3 rings (SSSR count). The maximum absolute atomic E-state index is 14.7. The van der Waals surface area contributed by atoms with Crippen molar-refractivity contribution in [3.8, 4) is 11.5 Å². The molecule has 0 N–H and O–H groups in total. The molecule has 0 aliphatic heterocycles. The van der Waals surface area contributed by atoms with Crippen molar-refractivity contribution in [2.75, 3.05) is 6.61 Å². The zero-order valence-corrected chi connectivity index (χ0v) is 25.5. The van der Waals surface area contributed by atoms with Crippen LogP contribution in [0.25, 0.3) is 0 Å². The van der Waals surface area contributed by atoms with Crippen LogP contribution in [-0.4, -0.2) is 12.6 Å². The first kappa shape index (κ1) is 33.1. The van der Waals surface area contributed by atoms with E-state index in [1.807, 2.05) is 12.1 Å². The summed E-state index contributed by atoms with van der Waals surface area (Å²) in [5, 5.41) is 0. The number of benzene rings is 2. The van der Waals surface area contributed by atoms with Crippen molar-refractivity contribution in [2.45, 2.75) is 129 Å². The third-order valence-electron chi connectivity index (χ3n) is 8.68. The normalized spacial score (nSPS) is 17.0. The van der Waals surface area contributed by atoms with Gasteiger partial charge in [-0.1, -0.05) is 122 Å². The maximum atomic E-state index is 14.7. The van der Waals surface area contributed by atoms with E-state index in [1.54, 1.807) is 12.1 Å². The molecule has 0 aromatic heterocycles. The monoisotopic (exact) mass is 570 g/mol. The van der Waals surface area contributed by atoms with Crippen molar-refractivity contribution in [1.29, 1.82) is 0 Å². The van der Waals surface area contributed by atoms with Crippen LogP contribution in [0.15, 0.2) is 36.4 Å². The smallest absolute Gasteiger partial charge is 0.346 e. The predicted octanol–water partition coefficient (Wildman–Crippen LogP) is 11.0. The van der Waals surface area contributed by atoms with Gasteiger partial charge in [-0.05, 0) is 60.9 Å². The average Bonchev–Trinajstić information content (AvgIpc) is 2.98. The van der Waals surface area contributed by atoms with Gasteiger partial charge >= 0.3 is 5.97 Å². The van der Waals surface area contributed by atoms with Gasteiger partial charge in [-0.3, -0.25) is 0 Å². The number of hydrogen-bond acceptors (Lipinski definition) is 3. The zero-order chi connectivity index (χ0) is 29.3. The van der Waals surface area contributed by atoms with Crippen LogP contribution in [0, 0.1) is 23.5 Å². The first-order chi connectivity index (χ1) is 20.0. The second-order valence-electron chi connectivity index (χ2n) is 12.0. The van der Waals surface area contributed by atoms with E-state index in [4.69, 9.17) is 9.47 Å². The van der Waals surface area contributed by atoms with Crippen molar-refractivity contribution in [2.24, 2.45) is 11.8 Å². The summed E-state index contributed by atoms with van der Waals surface area (Å²) in [4.78, 5) is 12.6. The lowest BCUT2D eigenvalue weighted by atomic mass is 9.78. The Morgan fingerprint density at radius 2 is 1.29 bits per heavy atom. The Hall–Kier alpha value is -2.43. The van der Waals surface area contributed by atoms with Gasteiger partial charge in [-0.15, -0.1) is 0 Å². The molecule has 0 radical (unpaired) electrons. The molecular weight excluding hydrogens is 518 g/mol. The van der Waals surface area contributed by atoms with E-state index in [-0.39, 0.29) is 5.75 Å². The van der Waals surface area contributed by atoms with E-state index in [1.165, 1.54) is 108 Å². The Bertz CT molecular complexity index is 1010. The molecule has 3 nitrogen and oxygen atoms in total. The first-order valence-corrected chi connectivity index (χ1v) is 16.4. The van der Waals surface area contributed by atoms with Crippen molar-refractivity contribution in [3.63, 3.8) is 0 Å². The van der Waals surface area contributed by atoms with Crippen LogP contribution in [0.1, 0.15) is 139 Å². The Morgan fingerprint density at radius 3 is 1.95 bits per heavy atom. The van der Waals surface area contributed by atoms with Crippen molar-refractivity contribution >= 4 is 5.97 Å². The van der Waals surface area contributed by atoms with Crippen LogP contribution in [0.4, 0.5) is 8.78 Å². The molecule has 0 amide bonds. The second kappa shape index (κ2) is 18.9. The number of carbonyl (C=O) groups excluding carboxylic acids is 1. The lowest BCUT2D eigenvalue weighted by Crippen LogP contribution is -2.15. The number of carbonyl (C=O) groups is 1. The molecule has 1 aliphatic rings. The lowest BCUT2D eigenvalue weighted by Gasteiger charge is -2.28. The van der Waals surface area contributed by atoms with Gasteiger partial charge in [-0.2, -0.15) is 4.39 Å². The third-order valence-corrected chi connectivity index (χ3v) is 8.68. The molecule has 41 heavy (non-hydrogen) atoms. The van der Waals surface area contributed by atoms with Gasteiger partial charge < -0.3 is 9.47 Å². The van der Waals surface area contributed by atoms with Gasteiger partial charge in [0.25, 0.3) is 0 Å². The molecule has 5 heteroatoms. The topological polar surface area (TPSA) is 35.5 Å². The Balaban J connectivity index is 1.38. The molecule has 228 valence electrons. The summed E-state index contributed by atoms with van der Waals surface area (Å²) in [6.07, 6.45) is 22.2. The van der Waals surface area contributed by atoms with Crippen LogP contribution < -0.4 is 9.47 Å². The van der Waals surface area contributed by atoms with Gasteiger partial charge in [0.15, 0.2) is 11.6 Å². The predicted molar refractivity (Wildman–Crippen MR) is 164 cm³/mol. The van der Waals surface area contributed by atoms with Gasteiger partial charge in [0.05, 0.1) is 12.2 Å². The van der Waals surface area contributed by atoms with E-state index in [9.17, 15) is 13.6 Å². The fourth-order valence-corrected chi connectivity index (χ4v) is 5.97. The summed E-state index contributed by atoms with van der Waals surface area (Å²) in [7, 11) is 0. The molecule has 0 saturated heterocycles. The first-order valence-electron chi connectivity index (χ1n) is 16.4. The largest absolute Gasteiger partial charge is 0.490 e. The highest BCUT2D eigenvalue weighted by atomic mass is 19.2. The summed E-state index contributed by atoms with van der Waals surface area (Å²) >= 11 is 0. The van der Waals surface area contributed by atoms with Gasteiger partial charge in [-0.25, -0.2) is 9.18 Å². The summed E-state index contributed by atoms with van der Waals surface area (Å²) < 4.78 is 40.1. The Labute approximate surface area is 247 Å². The van der Waals surface area contributed by atoms with E-state index in [0.29, 0.717) is 12.4 Å². The van der Waals surface area contributed by atoms with Crippen LogP contribution in [-0.2, 0) is 6.42 Å². The SMILES string of the molecule is CCCCCCCCCCOc1ccc(C(=O)Oc2ccc(CCC3CCC(CCCCC)CC3)cc2)c(F)c1F. The number of halogens is 2. The van der Waals surface area contributed by atoms with Crippen LogP contribution in [0.3, 0.4) is 0 Å². The number of rotatable bonds is 19. The molecule has 1 fully saturated rings. The van der Waals surface area contributed by atoms with Crippen molar-refractivity contribution < 1.29 is 23.0 Å².